The van der Waals surface area contributed by atoms with Crippen LogP contribution in [0.15, 0.2) is 47.5 Å². The molecule has 0 N–H and O–H groups in total. The number of carbonyl (C=O) groups excluding carboxylic acids is 1. The number of nitrogens with zero attached hydrogens (tertiary/aromatic N) is 2. The van der Waals surface area contributed by atoms with Crippen molar-refractivity contribution in [2.75, 3.05) is 26.0 Å². The van der Waals surface area contributed by atoms with Gasteiger partial charge in [-0.1, -0.05) is 0 Å². The van der Waals surface area contributed by atoms with Gasteiger partial charge in [-0.3, -0.25) is 9.78 Å². The Kier molecular flexibility index (Phi) is 5.97. The van der Waals surface area contributed by atoms with Gasteiger partial charge in [-0.15, -0.1) is 11.8 Å². The molecule has 0 saturated carbocycles. The molecule has 1 amide bonds. The van der Waals surface area contributed by atoms with E-state index in [0.29, 0.717) is 12.5 Å². The molecule has 1 aromatic heterocycles. The molecular formula is C20H24N2O2S. The van der Waals surface area contributed by atoms with Gasteiger partial charge in [0, 0.05) is 41.5 Å². The third kappa shape index (κ3) is 4.75. The van der Waals surface area contributed by atoms with E-state index in [1.54, 1.807) is 18.0 Å². The number of carbonyl (C=O) groups is 1. The minimum Gasteiger partial charge on any atom is -0.493 e. The molecule has 4 nitrogen and oxygen atoms in total. The highest BCUT2D eigenvalue weighted by molar-refractivity contribution is 7.98. The monoisotopic (exact) mass is 356 g/mol. The number of aromatic nitrogens is 1. The molecule has 0 spiro atoms. The van der Waals surface area contributed by atoms with E-state index < -0.39 is 0 Å². The molecule has 1 aliphatic rings. The number of hydrogen-bond donors (Lipinski definition) is 0. The van der Waals surface area contributed by atoms with Gasteiger partial charge in [0.2, 0.25) is 0 Å². The smallest absolute Gasteiger partial charge is 0.253 e. The minimum absolute atomic E-state index is 0.136. The molecule has 0 unspecified atom stereocenters. The van der Waals surface area contributed by atoms with Gasteiger partial charge in [-0.25, -0.2) is 0 Å². The largest absolute Gasteiger partial charge is 0.493 e. The first kappa shape index (κ1) is 17.8. The van der Waals surface area contributed by atoms with E-state index in [-0.39, 0.29) is 5.91 Å². The number of aryl methyl sites for hydroxylation is 1. The number of ether oxygens (including phenoxy) is 1. The molecule has 2 aromatic rings. The van der Waals surface area contributed by atoms with E-state index in [2.05, 4.69) is 4.98 Å². The van der Waals surface area contributed by atoms with Gasteiger partial charge in [-0.05, 0) is 62.3 Å². The summed E-state index contributed by atoms with van der Waals surface area (Å²) in [5.41, 5.74) is 1.74. The Morgan fingerprint density at radius 3 is 2.60 bits per heavy atom. The van der Waals surface area contributed by atoms with Gasteiger partial charge < -0.3 is 9.64 Å². The lowest BCUT2D eigenvalue weighted by Crippen LogP contribution is -2.39. The van der Waals surface area contributed by atoms with Gasteiger partial charge in [0.25, 0.3) is 5.91 Å². The van der Waals surface area contributed by atoms with Crippen molar-refractivity contribution in [3.05, 3.63) is 53.9 Å². The maximum absolute atomic E-state index is 12.6. The Labute approximate surface area is 153 Å². The predicted octanol–water partition coefficient (Wildman–Crippen LogP) is 4.04. The lowest BCUT2D eigenvalue weighted by Gasteiger charge is -2.32. The molecule has 5 heteroatoms. The van der Waals surface area contributed by atoms with Crippen LogP contribution in [0.1, 0.15) is 28.9 Å². The van der Waals surface area contributed by atoms with Gasteiger partial charge in [0.05, 0.1) is 6.61 Å². The molecule has 1 aromatic carbocycles. The summed E-state index contributed by atoms with van der Waals surface area (Å²) in [6.45, 7) is 4.26. The molecule has 0 atom stereocenters. The Bertz CT molecular complexity index is 710. The summed E-state index contributed by atoms with van der Waals surface area (Å²) in [4.78, 5) is 19.9. The number of rotatable bonds is 5. The Hall–Kier alpha value is -2.01. The number of likely N-dealkylation sites (tertiary alicyclic amines) is 1. The van der Waals surface area contributed by atoms with Gasteiger partial charge >= 0.3 is 0 Å². The molecule has 25 heavy (non-hydrogen) atoms. The molecule has 1 saturated heterocycles. The fraction of sp³-hybridized carbons (Fsp3) is 0.400. The highest BCUT2D eigenvalue weighted by Gasteiger charge is 2.24. The van der Waals surface area contributed by atoms with Crippen LogP contribution in [0.3, 0.4) is 0 Å². The number of thioether (sulfide) groups is 1. The second-order valence-electron chi connectivity index (χ2n) is 6.41. The van der Waals surface area contributed by atoms with Crippen molar-refractivity contribution in [2.45, 2.75) is 24.7 Å². The average molecular weight is 356 g/mol. The van der Waals surface area contributed by atoms with Crippen LogP contribution in [0.25, 0.3) is 0 Å². The zero-order valence-electron chi connectivity index (χ0n) is 14.8. The highest BCUT2D eigenvalue weighted by Crippen LogP contribution is 2.22. The van der Waals surface area contributed by atoms with Crippen LogP contribution in [-0.2, 0) is 0 Å². The van der Waals surface area contributed by atoms with E-state index in [4.69, 9.17) is 4.74 Å². The van der Waals surface area contributed by atoms with Crippen LogP contribution in [0.4, 0.5) is 0 Å². The van der Waals surface area contributed by atoms with Crippen molar-refractivity contribution in [3.8, 4) is 5.75 Å². The molecule has 0 bridgehead atoms. The fourth-order valence-electron chi connectivity index (χ4n) is 3.04. The third-order valence-corrected chi connectivity index (χ3v) is 5.34. The maximum atomic E-state index is 12.6. The van der Waals surface area contributed by atoms with Crippen molar-refractivity contribution in [2.24, 2.45) is 5.92 Å². The number of benzene rings is 1. The van der Waals surface area contributed by atoms with E-state index in [1.807, 2.05) is 54.5 Å². The van der Waals surface area contributed by atoms with Crippen molar-refractivity contribution < 1.29 is 9.53 Å². The second-order valence-corrected chi connectivity index (χ2v) is 7.29. The van der Waals surface area contributed by atoms with Crippen molar-refractivity contribution in [3.63, 3.8) is 0 Å². The molecule has 1 fully saturated rings. The number of piperidine rings is 1. The van der Waals surface area contributed by atoms with Crippen LogP contribution in [0, 0.1) is 12.8 Å². The third-order valence-electron chi connectivity index (χ3n) is 4.59. The zero-order valence-corrected chi connectivity index (χ0v) is 15.6. The first-order valence-corrected chi connectivity index (χ1v) is 9.87. The second kappa shape index (κ2) is 8.39. The van der Waals surface area contributed by atoms with Gasteiger partial charge in [0.15, 0.2) is 0 Å². The zero-order chi connectivity index (χ0) is 17.6. The Morgan fingerprint density at radius 1 is 1.24 bits per heavy atom. The topological polar surface area (TPSA) is 42.4 Å². The quantitative estimate of drug-likeness (QED) is 0.758. The van der Waals surface area contributed by atoms with Gasteiger partial charge in [-0.2, -0.15) is 0 Å². The molecule has 2 heterocycles. The van der Waals surface area contributed by atoms with E-state index in [1.165, 1.54) is 4.90 Å². The highest BCUT2D eigenvalue weighted by atomic mass is 32.2. The summed E-state index contributed by atoms with van der Waals surface area (Å²) in [7, 11) is 0. The van der Waals surface area contributed by atoms with Crippen LogP contribution in [0.2, 0.25) is 0 Å². The summed E-state index contributed by atoms with van der Waals surface area (Å²) < 4.78 is 5.89. The van der Waals surface area contributed by atoms with E-state index in [9.17, 15) is 4.79 Å². The van der Waals surface area contributed by atoms with Crippen LogP contribution < -0.4 is 4.74 Å². The van der Waals surface area contributed by atoms with E-state index in [0.717, 1.165) is 42.9 Å². The summed E-state index contributed by atoms with van der Waals surface area (Å²) >= 11 is 1.69. The first-order chi connectivity index (χ1) is 12.2. The Morgan fingerprint density at radius 2 is 1.96 bits per heavy atom. The molecule has 0 radical (unpaired) electrons. The summed E-state index contributed by atoms with van der Waals surface area (Å²) in [6.07, 6.45) is 5.78. The summed E-state index contributed by atoms with van der Waals surface area (Å²) in [5, 5.41) is 0. The van der Waals surface area contributed by atoms with Crippen LogP contribution in [-0.4, -0.2) is 41.7 Å². The lowest BCUT2D eigenvalue weighted by atomic mass is 9.97. The van der Waals surface area contributed by atoms with Crippen molar-refractivity contribution >= 4 is 17.7 Å². The lowest BCUT2D eigenvalue weighted by molar-refractivity contribution is 0.0661. The number of hydrogen-bond acceptors (Lipinski definition) is 4. The standard InChI is InChI=1S/C20H24N2O2S/c1-15-13-18(7-10-21-15)24-14-16-8-11-22(12-9-16)20(23)17-3-5-19(25-2)6-4-17/h3-7,10,13,16H,8-9,11-12,14H2,1-2H3. The normalized spacial score (nSPS) is 15.2. The molecule has 3 rings (SSSR count). The number of pyridine rings is 1. The Balaban J connectivity index is 1.48. The molecule has 1 aliphatic heterocycles. The van der Waals surface area contributed by atoms with Crippen molar-refractivity contribution in [1.29, 1.82) is 0 Å². The average Bonchev–Trinajstić information content (AvgIpc) is 2.66. The van der Waals surface area contributed by atoms with Crippen LogP contribution >= 0.6 is 11.8 Å². The molecular weight excluding hydrogens is 332 g/mol. The SMILES string of the molecule is CSc1ccc(C(=O)N2CCC(COc3ccnc(C)c3)CC2)cc1. The summed E-state index contributed by atoms with van der Waals surface area (Å²) in [5.74, 6) is 1.51. The fourth-order valence-corrected chi connectivity index (χ4v) is 3.45. The van der Waals surface area contributed by atoms with E-state index >= 15 is 0 Å². The summed E-state index contributed by atoms with van der Waals surface area (Å²) in [6, 6.07) is 11.7. The molecule has 0 aliphatic carbocycles. The maximum Gasteiger partial charge on any atom is 0.253 e. The molecule has 132 valence electrons. The minimum atomic E-state index is 0.136. The number of amides is 1. The van der Waals surface area contributed by atoms with Gasteiger partial charge in [0.1, 0.15) is 5.75 Å². The predicted molar refractivity (Wildman–Crippen MR) is 101 cm³/mol. The van der Waals surface area contributed by atoms with Crippen LogP contribution in [0.5, 0.6) is 5.75 Å². The first-order valence-electron chi connectivity index (χ1n) is 8.64. The van der Waals surface area contributed by atoms with Crippen molar-refractivity contribution in [1.82, 2.24) is 9.88 Å².